The van der Waals surface area contributed by atoms with Crippen molar-refractivity contribution in [2.45, 2.75) is 18.6 Å². The van der Waals surface area contributed by atoms with E-state index in [-0.39, 0.29) is 0 Å². The molecule has 0 radical (unpaired) electrons. The predicted molar refractivity (Wildman–Crippen MR) is 54.8 cm³/mol. The predicted octanol–water partition coefficient (Wildman–Crippen LogP) is 0.235. The maximum atomic E-state index is 5.30. The Hall–Kier alpha value is -1.05. The van der Waals surface area contributed by atoms with Gasteiger partial charge in [-0.15, -0.1) is 10.2 Å². The third-order valence-electron chi connectivity index (χ3n) is 2.62. The van der Waals surface area contributed by atoms with Gasteiger partial charge in [0, 0.05) is 13.7 Å². The smallest absolute Gasteiger partial charge is 0.234 e. The number of nitrogens with zero attached hydrogens (tertiary/aromatic N) is 4. The van der Waals surface area contributed by atoms with Crippen LogP contribution in [0, 0.1) is 0 Å². The van der Waals surface area contributed by atoms with Gasteiger partial charge in [0.25, 0.3) is 0 Å². The van der Waals surface area contributed by atoms with Crippen LogP contribution in [0.3, 0.4) is 0 Å². The highest BCUT2D eigenvalue weighted by Gasteiger charge is 2.27. The molecule has 2 unspecified atom stereocenters. The topological polar surface area (TPSA) is 64.3 Å². The van der Waals surface area contributed by atoms with E-state index in [0.29, 0.717) is 12.1 Å². The molecule has 3 rings (SSSR count). The molecular formula is C8H11N5OS. The molecule has 80 valence electrons. The molecule has 0 spiro atoms. The average molecular weight is 225 g/mol. The molecule has 7 heteroatoms. The lowest BCUT2D eigenvalue weighted by molar-refractivity contribution is 0.117. The third-order valence-corrected chi connectivity index (χ3v) is 3.65. The first-order valence-corrected chi connectivity index (χ1v) is 5.61. The lowest BCUT2D eigenvalue weighted by Gasteiger charge is -2.05. The molecule has 0 amide bonds. The van der Waals surface area contributed by atoms with E-state index in [1.54, 1.807) is 29.3 Å². The van der Waals surface area contributed by atoms with Crippen LogP contribution >= 0.6 is 11.3 Å². The Morgan fingerprint density at radius 3 is 3.33 bits per heavy atom. The number of rotatable bonds is 2. The third kappa shape index (κ3) is 1.52. The van der Waals surface area contributed by atoms with Crippen LogP contribution in [-0.4, -0.2) is 39.6 Å². The van der Waals surface area contributed by atoms with Gasteiger partial charge in [-0.05, 0) is 6.42 Å². The summed E-state index contributed by atoms with van der Waals surface area (Å²) in [4.78, 5) is 0.840. The Morgan fingerprint density at radius 2 is 2.60 bits per heavy atom. The second-order valence-electron chi connectivity index (χ2n) is 3.55. The fraction of sp³-hybridized carbons (Fsp3) is 0.625. The Morgan fingerprint density at radius 1 is 1.67 bits per heavy atom. The molecule has 1 N–H and O–H groups in total. The Balaban J connectivity index is 1.85. The van der Waals surface area contributed by atoms with E-state index in [4.69, 9.17) is 4.74 Å². The van der Waals surface area contributed by atoms with E-state index >= 15 is 0 Å². The van der Waals surface area contributed by atoms with Crippen molar-refractivity contribution in [2.24, 2.45) is 0 Å². The summed E-state index contributed by atoms with van der Waals surface area (Å²) >= 11 is 1.57. The van der Waals surface area contributed by atoms with Gasteiger partial charge in [-0.1, -0.05) is 11.3 Å². The van der Waals surface area contributed by atoms with Crippen LogP contribution in [0.2, 0.25) is 0 Å². The van der Waals surface area contributed by atoms with Crippen molar-refractivity contribution in [2.75, 3.05) is 13.7 Å². The van der Waals surface area contributed by atoms with Gasteiger partial charge in [0.15, 0.2) is 0 Å². The molecule has 2 atom stereocenters. The van der Waals surface area contributed by atoms with Crippen LogP contribution in [-0.2, 0) is 4.74 Å². The number of aromatic nitrogens is 4. The van der Waals surface area contributed by atoms with E-state index in [1.807, 2.05) is 0 Å². The molecule has 0 bridgehead atoms. The summed E-state index contributed by atoms with van der Waals surface area (Å²) in [5.74, 6) is 0. The van der Waals surface area contributed by atoms with Crippen LogP contribution < -0.4 is 5.32 Å². The van der Waals surface area contributed by atoms with Crippen molar-refractivity contribution >= 4 is 16.3 Å². The summed E-state index contributed by atoms with van der Waals surface area (Å²) in [6.07, 6.45) is 2.89. The number of nitrogens with one attached hydrogen (secondary N) is 1. The summed E-state index contributed by atoms with van der Waals surface area (Å²) in [7, 11) is 1.74. The first-order valence-electron chi connectivity index (χ1n) is 4.80. The van der Waals surface area contributed by atoms with E-state index in [1.165, 1.54) is 0 Å². The molecule has 0 aromatic carbocycles. The molecule has 1 aliphatic rings. The normalized spacial score (nSPS) is 26.5. The first-order chi connectivity index (χ1) is 7.36. The minimum absolute atomic E-state index is 0.293. The highest BCUT2D eigenvalue weighted by atomic mass is 32.1. The van der Waals surface area contributed by atoms with Gasteiger partial charge in [-0.3, -0.25) is 0 Å². The monoisotopic (exact) mass is 225 g/mol. The van der Waals surface area contributed by atoms with Crippen LogP contribution in [0.15, 0.2) is 6.33 Å². The molecule has 3 heterocycles. The summed E-state index contributed by atoms with van der Waals surface area (Å²) in [5, 5.41) is 16.6. The van der Waals surface area contributed by atoms with Crippen LogP contribution in [0.5, 0.6) is 0 Å². The van der Waals surface area contributed by atoms with E-state index in [9.17, 15) is 0 Å². The first kappa shape index (κ1) is 9.20. The van der Waals surface area contributed by atoms with Crippen LogP contribution in [0.4, 0.5) is 0 Å². The zero-order chi connectivity index (χ0) is 10.3. The van der Waals surface area contributed by atoms with Crippen molar-refractivity contribution in [3.8, 4) is 0 Å². The number of ether oxygens (including phenoxy) is 1. The summed E-state index contributed by atoms with van der Waals surface area (Å²) in [6.45, 7) is 0.890. The number of fused-ring (bicyclic) bond motifs is 1. The molecule has 0 aliphatic carbocycles. The average Bonchev–Trinajstić information content (AvgIpc) is 2.91. The van der Waals surface area contributed by atoms with E-state index < -0.39 is 0 Å². The zero-order valence-corrected chi connectivity index (χ0v) is 9.07. The van der Waals surface area contributed by atoms with E-state index in [0.717, 1.165) is 22.9 Å². The largest absolute Gasteiger partial charge is 0.380 e. The van der Waals surface area contributed by atoms with Crippen molar-refractivity contribution in [1.82, 2.24) is 25.1 Å². The molecule has 0 saturated carbocycles. The van der Waals surface area contributed by atoms with Gasteiger partial charge in [0.2, 0.25) is 4.96 Å². The van der Waals surface area contributed by atoms with Crippen LogP contribution in [0.1, 0.15) is 17.5 Å². The van der Waals surface area contributed by atoms with E-state index in [2.05, 4.69) is 20.6 Å². The Labute approximate surface area is 90.3 Å². The fourth-order valence-electron chi connectivity index (χ4n) is 1.79. The second-order valence-corrected chi connectivity index (χ2v) is 4.54. The Kier molecular flexibility index (Phi) is 2.15. The molecule has 6 nitrogen and oxygen atoms in total. The molecule has 1 saturated heterocycles. The lowest BCUT2D eigenvalue weighted by atomic mass is 10.2. The van der Waals surface area contributed by atoms with Crippen molar-refractivity contribution in [3.05, 3.63) is 11.3 Å². The maximum Gasteiger partial charge on any atom is 0.234 e. The van der Waals surface area contributed by atoms with Crippen molar-refractivity contribution in [1.29, 1.82) is 0 Å². The van der Waals surface area contributed by atoms with Crippen molar-refractivity contribution < 1.29 is 4.74 Å². The van der Waals surface area contributed by atoms with Gasteiger partial charge < -0.3 is 10.1 Å². The van der Waals surface area contributed by atoms with Crippen molar-refractivity contribution in [3.63, 3.8) is 0 Å². The van der Waals surface area contributed by atoms with Gasteiger partial charge in [0.05, 0.1) is 12.1 Å². The number of hydrogen-bond acceptors (Lipinski definition) is 6. The minimum Gasteiger partial charge on any atom is -0.380 e. The molecule has 2 aromatic heterocycles. The highest BCUT2D eigenvalue weighted by Crippen LogP contribution is 2.27. The maximum absolute atomic E-state index is 5.30. The number of methoxy groups -OCH3 is 1. The standard InChI is InChI=1S/C8H11N5OS/c1-14-5-2-6(9-3-5)7-12-13-4-10-11-8(13)15-7/h4-6,9H,2-3H2,1H3. The highest BCUT2D eigenvalue weighted by molar-refractivity contribution is 7.16. The molecule has 15 heavy (non-hydrogen) atoms. The SMILES string of the molecule is COC1CNC(c2nn3cnnc3s2)C1. The quantitative estimate of drug-likeness (QED) is 0.793. The lowest BCUT2D eigenvalue weighted by Crippen LogP contribution is -2.16. The second kappa shape index (κ2) is 3.51. The summed E-state index contributed by atoms with van der Waals surface area (Å²) < 4.78 is 7.01. The number of hydrogen-bond donors (Lipinski definition) is 1. The van der Waals surface area contributed by atoms with Gasteiger partial charge >= 0.3 is 0 Å². The molecule has 1 aliphatic heterocycles. The summed E-state index contributed by atoms with van der Waals surface area (Å²) in [5.41, 5.74) is 0. The van der Waals surface area contributed by atoms with Gasteiger partial charge in [-0.2, -0.15) is 9.61 Å². The Bertz CT molecular complexity index is 438. The van der Waals surface area contributed by atoms with Crippen LogP contribution in [0.25, 0.3) is 4.96 Å². The minimum atomic E-state index is 0.293. The zero-order valence-electron chi connectivity index (χ0n) is 8.25. The molecular weight excluding hydrogens is 214 g/mol. The molecule has 1 fully saturated rings. The van der Waals surface area contributed by atoms with Gasteiger partial charge in [-0.25, -0.2) is 0 Å². The fourth-order valence-corrected chi connectivity index (χ4v) is 2.69. The summed E-state index contributed by atoms with van der Waals surface area (Å²) in [6, 6.07) is 0.293. The molecule has 2 aromatic rings. The van der Waals surface area contributed by atoms with Gasteiger partial charge in [0.1, 0.15) is 11.3 Å².